The highest BCUT2D eigenvalue weighted by Crippen LogP contribution is 2.35. The molecule has 0 aromatic heterocycles. The molecule has 1 atom stereocenters. The summed E-state index contributed by atoms with van der Waals surface area (Å²) in [5, 5.41) is 14.2. The Morgan fingerprint density at radius 2 is 2.15 bits per heavy atom. The zero-order valence-corrected chi connectivity index (χ0v) is 11.9. The maximum atomic E-state index is 11.8. The van der Waals surface area contributed by atoms with E-state index in [0.717, 1.165) is 17.7 Å². The Bertz CT molecular complexity index is 493. The first kappa shape index (κ1) is 14.7. The van der Waals surface area contributed by atoms with Crippen LogP contribution in [0.5, 0.6) is 0 Å². The number of hydrogen-bond donors (Lipinski definition) is 3. The van der Waals surface area contributed by atoms with Gasteiger partial charge in [-0.25, -0.2) is 4.79 Å². The molecule has 0 radical (unpaired) electrons. The van der Waals surface area contributed by atoms with Crippen molar-refractivity contribution in [2.45, 2.75) is 30.2 Å². The third-order valence-electron chi connectivity index (χ3n) is 3.12. The fourth-order valence-electron chi connectivity index (χ4n) is 2.14. The highest BCUT2D eigenvalue weighted by molar-refractivity contribution is 7.99. The van der Waals surface area contributed by atoms with Crippen molar-refractivity contribution in [1.29, 1.82) is 0 Å². The van der Waals surface area contributed by atoms with Crippen LogP contribution in [0.1, 0.15) is 30.9 Å². The predicted octanol–water partition coefficient (Wildman–Crippen LogP) is 2.39. The van der Waals surface area contributed by atoms with E-state index in [1.807, 2.05) is 30.0 Å². The Morgan fingerprint density at radius 3 is 2.95 bits per heavy atom. The van der Waals surface area contributed by atoms with Gasteiger partial charge >= 0.3 is 12.0 Å². The minimum atomic E-state index is -0.842. The predicted molar refractivity (Wildman–Crippen MR) is 77.9 cm³/mol. The fraction of sp³-hybridized carbons (Fsp3) is 0.429. The molecule has 1 aromatic carbocycles. The molecule has 0 spiro atoms. The molecule has 1 heterocycles. The maximum absolute atomic E-state index is 11.8. The van der Waals surface area contributed by atoms with Crippen molar-refractivity contribution in [2.24, 2.45) is 0 Å². The Balaban J connectivity index is 1.82. The second-order valence-electron chi connectivity index (χ2n) is 4.63. The lowest BCUT2D eigenvalue weighted by Gasteiger charge is -2.25. The lowest BCUT2D eigenvalue weighted by molar-refractivity contribution is -0.137. The van der Waals surface area contributed by atoms with Gasteiger partial charge in [-0.15, -0.1) is 11.8 Å². The van der Waals surface area contributed by atoms with Crippen LogP contribution in [0.25, 0.3) is 0 Å². The molecule has 1 aliphatic rings. The van der Waals surface area contributed by atoms with Gasteiger partial charge in [-0.3, -0.25) is 4.79 Å². The van der Waals surface area contributed by atoms with E-state index in [1.54, 1.807) is 0 Å². The normalized spacial score (nSPS) is 17.1. The molecule has 1 unspecified atom stereocenters. The van der Waals surface area contributed by atoms with Crippen molar-refractivity contribution in [3.8, 4) is 0 Å². The van der Waals surface area contributed by atoms with Crippen LogP contribution in [0, 0.1) is 0 Å². The molecule has 0 aliphatic carbocycles. The quantitative estimate of drug-likeness (QED) is 0.729. The zero-order valence-electron chi connectivity index (χ0n) is 11.1. The molecule has 0 bridgehead atoms. The molecule has 1 aromatic rings. The summed E-state index contributed by atoms with van der Waals surface area (Å²) in [6, 6.07) is 7.88. The summed E-state index contributed by atoms with van der Waals surface area (Å²) in [7, 11) is 0. The highest BCUT2D eigenvalue weighted by Gasteiger charge is 2.21. The maximum Gasteiger partial charge on any atom is 0.315 e. The van der Waals surface area contributed by atoms with E-state index < -0.39 is 5.97 Å². The molecular formula is C14H18N2O3S. The molecule has 20 heavy (non-hydrogen) atoms. The third kappa shape index (κ3) is 4.16. The lowest BCUT2D eigenvalue weighted by atomic mass is 10.0. The summed E-state index contributed by atoms with van der Waals surface area (Å²) in [6.07, 6.45) is 1.42. The van der Waals surface area contributed by atoms with Gasteiger partial charge in [-0.2, -0.15) is 0 Å². The summed E-state index contributed by atoms with van der Waals surface area (Å²) in [6.45, 7) is 0.376. The molecule has 1 aliphatic heterocycles. The Labute approximate surface area is 122 Å². The second kappa shape index (κ2) is 7.19. The summed E-state index contributed by atoms with van der Waals surface area (Å²) in [5.74, 6) is 0.145. The van der Waals surface area contributed by atoms with Crippen LogP contribution in [0.3, 0.4) is 0 Å². The van der Waals surface area contributed by atoms with Gasteiger partial charge in [0, 0.05) is 23.6 Å². The molecule has 2 rings (SSSR count). The van der Waals surface area contributed by atoms with Crippen LogP contribution in [0.2, 0.25) is 0 Å². The number of carbonyl (C=O) groups excluding carboxylic acids is 1. The van der Waals surface area contributed by atoms with Crippen LogP contribution < -0.4 is 10.6 Å². The number of fused-ring (bicyclic) bond motifs is 1. The largest absolute Gasteiger partial charge is 0.481 e. The van der Waals surface area contributed by atoms with Crippen molar-refractivity contribution in [3.63, 3.8) is 0 Å². The average Bonchev–Trinajstić information content (AvgIpc) is 2.44. The van der Waals surface area contributed by atoms with E-state index in [2.05, 4.69) is 16.7 Å². The van der Waals surface area contributed by atoms with E-state index in [4.69, 9.17) is 5.11 Å². The highest BCUT2D eigenvalue weighted by atomic mass is 32.2. The lowest BCUT2D eigenvalue weighted by Crippen LogP contribution is -2.39. The number of rotatable bonds is 5. The fourth-order valence-corrected chi connectivity index (χ4v) is 3.27. The Morgan fingerprint density at radius 1 is 1.35 bits per heavy atom. The van der Waals surface area contributed by atoms with E-state index in [-0.39, 0.29) is 18.5 Å². The van der Waals surface area contributed by atoms with Gasteiger partial charge in [-0.05, 0) is 24.5 Å². The smallest absolute Gasteiger partial charge is 0.315 e. The number of hydrogen-bond acceptors (Lipinski definition) is 3. The summed E-state index contributed by atoms with van der Waals surface area (Å²) in [5.41, 5.74) is 1.16. The zero-order chi connectivity index (χ0) is 14.4. The van der Waals surface area contributed by atoms with Gasteiger partial charge in [-0.1, -0.05) is 18.2 Å². The van der Waals surface area contributed by atoms with Crippen molar-refractivity contribution in [2.75, 3.05) is 12.3 Å². The van der Waals surface area contributed by atoms with Crippen molar-refractivity contribution >= 4 is 23.8 Å². The van der Waals surface area contributed by atoms with E-state index in [1.165, 1.54) is 4.90 Å². The number of amides is 2. The number of carboxylic acids is 1. The first-order valence-electron chi connectivity index (χ1n) is 6.64. The number of carboxylic acid groups (broad SMARTS) is 1. The van der Waals surface area contributed by atoms with E-state index in [9.17, 15) is 9.59 Å². The number of aliphatic carboxylic acids is 1. The average molecular weight is 294 g/mol. The Kier molecular flexibility index (Phi) is 5.29. The number of thioether (sulfide) groups is 1. The Hall–Kier alpha value is -1.69. The molecule has 0 saturated carbocycles. The number of urea groups is 1. The SMILES string of the molecule is O=C(O)CCCNC(=O)NC1CCSc2ccccc21. The standard InChI is InChI=1S/C14H18N2O3S/c17-13(18)6-3-8-15-14(19)16-11-7-9-20-12-5-2-1-4-10(11)12/h1-2,4-5,11H,3,6-9H2,(H,17,18)(H2,15,16,19). The molecular weight excluding hydrogens is 276 g/mol. The van der Waals surface area contributed by atoms with Crippen molar-refractivity contribution in [3.05, 3.63) is 29.8 Å². The third-order valence-corrected chi connectivity index (χ3v) is 4.24. The van der Waals surface area contributed by atoms with Gasteiger partial charge < -0.3 is 15.7 Å². The molecule has 108 valence electrons. The molecule has 6 heteroatoms. The first-order chi connectivity index (χ1) is 9.66. The van der Waals surface area contributed by atoms with Gasteiger partial charge in [0.15, 0.2) is 0 Å². The summed E-state index contributed by atoms with van der Waals surface area (Å²) < 4.78 is 0. The number of carbonyl (C=O) groups is 2. The number of nitrogens with one attached hydrogen (secondary N) is 2. The summed E-state index contributed by atoms with van der Waals surface area (Å²) in [4.78, 5) is 23.4. The molecule has 0 saturated heterocycles. The molecule has 2 amide bonds. The van der Waals surface area contributed by atoms with Crippen LogP contribution >= 0.6 is 11.8 Å². The molecule has 3 N–H and O–H groups in total. The first-order valence-corrected chi connectivity index (χ1v) is 7.63. The molecule has 0 fully saturated rings. The van der Waals surface area contributed by atoms with Gasteiger partial charge in [0.05, 0.1) is 6.04 Å². The minimum Gasteiger partial charge on any atom is -0.481 e. The van der Waals surface area contributed by atoms with Crippen LogP contribution in [0.4, 0.5) is 4.79 Å². The summed E-state index contributed by atoms with van der Waals surface area (Å²) >= 11 is 1.81. The van der Waals surface area contributed by atoms with E-state index >= 15 is 0 Å². The minimum absolute atomic E-state index is 0.0342. The number of benzene rings is 1. The van der Waals surface area contributed by atoms with Crippen LogP contribution in [-0.2, 0) is 4.79 Å². The van der Waals surface area contributed by atoms with Gasteiger partial charge in [0.2, 0.25) is 0 Å². The van der Waals surface area contributed by atoms with Crippen molar-refractivity contribution in [1.82, 2.24) is 10.6 Å². The van der Waals surface area contributed by atoms with E-state index in [0.29, 0.717) is 13.0 Å². The van der Waals surface area contributed by atoms with Gasteiger partial charge in [0.1, 0.15) is 0 Å². The second-order valence-corrected chi connectivity index (χ2v) is 5.76. The van der Waals surface area contributed by atoms with Gasteiger partial charge in [0.25, 0.3) is 0 Å². The van der Waals surface area contributed by atoms with Crippen molar-refractivity contribution < 1.29 is 14.7 Å². The monoisotopic (exact) mass is 294 g/mol. The van der Waals surface area contributed by atoms with Crippen LogP contribution in [0.15, 0.2) is 29.2 Å². The van der Waals surface area contributed by atoms with Crippen LogP contribution in [-0.4, -0.2) is 29.4 Å². The molecule has 5 nitrogen and oxygen atoms in total. The topological polar surface area (TPSA) is 78.4 Å².